The van der Waals surface area contributed by atoms with E-state index in [1.807, 2.05) is 0 Å². The van der Waals surface area contributed by atoms with E-state index in [2.05, 4.69) is 15.5 Å². The number of anilines is 1. The van der Waals surface area contributed by atoms with Gasteiger partial charge in [-0.15, -0.1) is 10.2 Å². The van der Waals surface area contributed by atoms with Crippen LogP contribution in [0.2, 0.25) is 0 Å². The van der Waals surface area contributed by atoms with Crippen molar-refractivity contribution in [2.45, 2.75) is 0 Å². The molecule has 0 spiro atoms. The summed E-state index contributed by atoms with van der Waals surface area (Å²) in [5, 5.41) is 10.4. The Hall–Kier alpha value is -3.55. The van der Waals surface area contributed by atoms with Crippen LogP contribution in [0.3, 0.4) is 0 Å². The van der Waals surface area contributed by atoms with Crippen LogP contribution < -0.4 is 19.5 Å². The van der Waals surface area contributed by atoms with Crippen molar-refractivity contribution in [2.75, 3.05) is 26.6 Å². The van der Waals surface area contributed by atoms with Gasteiger partial charge < -0.3 is 23.9 Å². The van der Waals surface area contributed by atoms with E-state index in [0.29, 0.717) is 28.5 Å². The van der Waals surface area contributed by atoms with Gasteiger partial charge in [0.1, 0.15) is 17.2 Å². The molecule has 1 heterocycles. The zero-order valence-electron chi connectivity index (χ0n) is 14.5. The molecule has 0 unspecified atom stereocenters. The zero-order chi connectivity index (χ0) is 18.5. The first kappa shape index (κ1) is 17.3. The highest BCUT2D eigenvalue weighted by Crippen LogP contribution is 2.29. The Morgan fingerprint density at radius 2 is 1.73 bits per heavy atom. The minimum absolute atomic E-state index is 0.166. The maximum atomic E-state index is 12.4. The fourth-order valence-electron chi connectivity index (χ4n) is 2.27. The molecule has 0 bridgehead atoms. The van der Waals surface area contributed by atoms with E-state index in [0.717, 1.165) is 0 Å². The van der Waals surface area contributed by atoms with Crippen molar-refractivity contribution in [1.82, 2.24) is 10.2 Å². The van der Waals surface area contributed by atoms with E-state index in [-0.39, 0.29) is 11.8 Å². The topological polar surface area (TPSA) is 95.7 Å². The van der Waals surface area contributed by atoms with Gasteiger partial charge in [0.05, 0.1) is 27.0 Å². The summed E-state index contributed by atoms with van der Waals surface area (Å²) in [5.74, 6) is 1.21. The van der Waals surface area contributed by atoms with Crippen LogP contribution in [0, 0.1) is 0 Å². The maximum absolute atomic E-state index is 12.4. The van der Waals surface area contributed by atoms with Crippen LogP contribution >= 0.6 is 0 Å². The SMILES string of the molecule is COc1cccc(-c2nnc(C(=O)Nc3ccc(OC)cc3OC)o2)c1. The Kier molecular flexibility index (Phi) is 5.02. The molecule has 0 saturated carbocycles. The molecule has 8 heteroatoms. The van der Waals surface area contributed by atoms with Gasteiger partial charge in [-0.05, 0) is 30.3 Å². The standard InChI is InChI=1S/C18H17N3O5/c1-23-12-6-4-5-11(9-12)17-20-21-18(26-17)16(22)19-14-8-7-13(24-2)10-15(14)25-3/h4-10H,1-3H3,(H,19,22). The van der Waals surface area contributed by atoms with E-state index in [1.54, 1.807) is 56.7 Å². The first-order valence-corrected chi connectivity index (χ1v) is 7.66. The van der Waals surface area contributed by atoms with Gasteiger partial charge in [0.2, 0.25) is 5.89 Å². The molecule has 3 rings (SSSR count). The summed E-state index contributed by atoms with van der Waals surface area (Å²) in [7, 11) is 4.61. The van der Waals surface area contributed by atoms with E-state index in [9.17, 15) is 4.79 Å². The van der Waals surface area contributed by atoms with Gasteiger partial charge in [0, 0.05) is 11.6 Å². The summed E-state index contributed by atoms with van der Waals surface area (Å²) in [4.78, 5) is 12.4. The molecule has 3 aromatic rings. The van der Waals surface area contributed by atoms with Gasteiger partial charge in [-0.25, -0.2) is 0 Å². The second-order valence-electron chi connectivity index (χ2n) is 5.16. The third-order valence-electron chi connectivity index (χ3n) is 3.59. The van der Waals surface area contributed by atoms with Crippen LogP contribution in [0.25, 0.3) is 11.5 Å². The Morgan fingerprint density at radius 1 is 0.962 bits per heavy atom. The number of aromatic nitrogens is 2. The van der Waals surface area contributed by atoms with Crippen molar-refractivity contribution in [2.24, 2.45) is 0 Å². The van der Waals surface area contributed by atoms with E-state index >= 15 is 0 Å². The predicted octanol–water partition coefficient (Wildman–Crippen LogP) is 3.01. The van der Waals surface area contributed by atoms with E-state index < -0.39 is 5.91 Å². The third-order valence-corrected chi connectivity index (χ3v) is 3.59. The first-order valence-electron chi connectivity index (χ1n) is 7.66. The molecule has 2 aromatic carbocycles. The third kappa shape index (κ3) is 3.59. The maximum Gasteiger partial charge on any atom is 0.313 e. The van der Waals surface area contributed by atoms with E-state index in [4.69, 9.17) is 18.6 Å². The monoisotopic (exact) mass is 355 g/mol. The number of amides is 1. The molecule has 0 aliphatic heterocycles. The molecule has 8 nitrogen and oxygen atoms in total. The predicted molar refractivity (Wildman–Crippen MR) is 93.8 cm³/mol. The molecule has 0 aliphatic rings. The number of rotatable bonds is 6. The number of carbonyl (C=O) groups excluding carboxylic acids is 1. The highest BCUT2D eigenvalue weighted by Gasteiger charge is 2.18. The summed E-state index contributed by atoms with van der Waals surface area (Å²) in [6.07, 6.45) is 0. The van der Waals surface area contributed by atoms with Crippen LogP contribution in [-0.2, 0) is 0 Å². The smallest absolute Gasteiger partial charge is 0.313 e. The van der Waals surface area contributed by atoms with Crippen molar-refractivity contribution in [3.05, 3.63) is 48.4 Å². The van der Waals surface area contributed by atoms with Gasteiger partial charge in [-0.1, -0.05) is 6.07 Å². The second kappa shape index (κ2) is 7.56. The molecule has 134 valence electrons. The normalized spacial score (nSPS) is 10.3. The molecular weight excluding hydrogens is 338 g/mol. The highest BCUT2D eigenvalue weighted by molar-refractivity contribution is 6.02. The number of benzene rings is 2. The number of hydrogen-bond acceptors (Lipinski definition) is 7. The lowest BCUT2D eigenvalue weighted by Gasteiger charge is -2.10. The molecular formula is C18H17N3O5. The van der Waals surface area contributed by atoms with Crippen molar-refractivity contribution in [1.29, 1.82) is 0 Å². The van der Waals surface area contributed by atoms with Gasteiger partial charge in [0.15, 0.2) is 0 Å². The Bertz CT molecular complexity index is 923. The Morgan fingerprint density at radius 3 is 2.46 bits per heavy atom. The number of methoxy groups -OCH3 is 3. The molecule has 1 aromatic heterocycles. The van der Waals surface area contributed by atoms with Crippen LogP contribution in [-0.4, -0.2) is 37.4 Å². The van der Waals surface area contributed by atoms with Gasteiger partial charge in [0.25, 0.3) is 0 Å². The lowest BCUT2D eigenvalue weighted by atomic mass is 10.2. The van der Waals surface area contributed by atoms with Crippen molar-refractivity contribution in [3.8, 4) is 28.7 Å². The van der Waals surface area contributed by atoms with Gasteiger partial charge in [-0.2, -0.15) is 0 Å². The van der Waals surface area contributed by atoms with E-state index in [1.165, 1.54) is 7.11 Å². The minimum Gasteiger partial charge on any atom is -0.497 e. The van der Waals surface area contributed by atoms with Gasteiger partial charge in [-0.3, -0.25) is 4.79 Å². The van der Waals surface area contributed by atoms with Crippen LogP contribution in [0.1, 0.15) is 10.7 Å². The number of nitrogens with one attached hydrogen (secondary N) is 1. The lowest BCUT2D eigenvalue weighted by molar-refractivity contribution is 0.0990. The van der Waals surface area contributed by atoms with Crippen LogP contribution in [0.5, 0.6) is 17.2 Å². The molecule has 1 amide bonds. The largest absolute Gasteiger partial charge is 0.497 e. The van der Waals surface area contributed by atoms with Crippen molar-refractivity contribution in [3.63, 3.8) is 0 Å². The van der Waals surface area contributed by atoms with Crippen LogP contribution in [0.15, 0.2) is 46.9 Å². The Labute approximate surface area is 149 Å². The fourth-order valence-corrected chi connectivity index (χ4v) is 2.27. The average Bonchev–Trinajstić information content (AvgIpc) is 3.18. The molecule has 26 heavy (non-hydrogen) atoms. The lowest BCUT2D eigenvalue weighted by Crippen LogP contribution is -2.13. The second-order valence-corrected chi connectivity index (χ2v) is 5.16. The quantitative estimate of drug-likeness (QED) is 0.726. The number of nitrogens with zero attached hydrogens (tertiary/aromatic N) is 2. The van der Waals surface area contributed by atoms with Crippen LogP contribution in [0.4, 0.5) is 5.69 Å². The molecule has 0 saturated heterocycles. The first-order chi connectivity index (χ1) is 12.6. The average molecular weight is 355 g/mol. The molecule has 0 fully saturated rings. The van der Waals surface area contributed by atoms with Crippen molar-refractivity contribution >= 4 is 11.6 Å². The Balaban J connectivity index is 1.80. The number of hydrogen-bond donors (Lipinski definition) is 1. The molecule has 0 atom stereocenters. The van der Waals surface area contributed by atoms with Gasteiger partial charge >= 0.3 is 11.8 Å². The molecule has 0 aliphatic carbocycles. The summed E-state index contributed by atoms with van der Waals surface area (Å²) in [6.45, 7) is 0. The summed E-state index contributed by atoms with van der Waals surface area (Å²) < 4.78 is 21.0. The van der Waals surface area contributed by atoms with Crippen molar-refractivity contribution < 1.29 is 23.4 Å². The highest BCUT2D eigenvalue weighted by atomic mass is 16.5. The minimum atomic E-state index is -0.546. The number of ether oxygens (including phenoxy) is 3. The summed E-state index contributed by atoms with van der Waals surface area (Å²) in [5.41, 5.74) is 1.11. The summed E-state index contributed by atoms with van der Waals surface area (Å²) >= 11 is 0. The molecule has 0 radical (unpaired) electrons. The summed E-state index contributed by atoms with van der Waals surface area (Å²) in [6, 6.07) is 12.1. The number of carbonyl (C=O) groups is 1. The fraction of sp³-hybridized carbons (Fsp3) is 0.167. The molecule has 1 N–H and O–H groups in total. The zero-order valence-corrected chi connectivity index (χ0v) is 14.5.